The third kappa shape index (κ3) is 3.85. The molecule has 0 atom stereocenters. The van der Waals surface area contributed by atoms with Gasteiger partial charge in [0.1, 0.15) is 22.2 Å². The summed E-state index contributed by atoms with van der Waals surface area (Å²) in [4.78, 5) is 28.0. The van der Waals surface area contributed by atoms with E-state index in [0.29, 0.717) is 12.3 Å². The van der Waals surface area contributed by atoms with Crippen molar-refractivity contribution in [1.29, 1.82) is 0 Å². The lowest BCUT2D eigenvalue weighted by atomic mass is 10.1. The van der Waals surface area contributed by atoms with Crippen molar-refractivity contribution in [3.8, 4) is 5.75 Å². The molecule has 4 rings (SSSR count). The Hall–Kier alpha value is -3.99. The van der Waals surface area contributed by atoms with Gasteiger partial charge in [-0.25, -0.2) is 27.0 Å². The SMILES string of the molecule is CS(=O)(=O)c1c(F)ccc(C(=O)c2[nH]nc3ncc(OC(=O)c4ccccc4)cc23)c1F. The molecular formula is C21H13F2N3O5S. The summed E-state index contributed by atoms with van der Waals surface area (Å²) in [5.41, 5.74) is -0.560. The van der Waals surface area contributed by atoms with Gasteiger partial charge in [-0.3, -0.25) is 9.89 Å². The number of benzene rings is 2. The van der Waals surface area contributed by atoms with E-state index in [1.54, 1.807) is 30.3 Å². The van der Waals surface area contributed by atoms with Gasteiger partial charge in [-0.15, -0.1) is 0 Å². The minimum atomic E-state index is -4.28. The number of ketones is 1. The smallest absolute Gasteiger partial charge is 0.343 e. The summed E-state index contributed by atoms with van der Waals surface area (Å²) in [6, 6.07) is 11.0. The Balaban J connectivity index is 1.74. The van der Waals surface area contributed by atoms with Crippen LogP contribution in [0.5, 0.6) is 5.75 Å². The second-order valence-electron chi connectivity index (χ2n) is 6.74. The van der Waals surface area contributed by atoms with E-state index in [1.807, 2.05) is 0 Å². The van der Waals surface area contributed by atoms with Crippen molar-refractivity contribution in [2.45, 2.75) is 4.90 Å². The normalized spacial score (nSPS) is 11.5. The highest BCUT2D eigenvalue weighted by atomic mass is 32.2. The van der Waals surface area contributed by atoms with Gasteiger partial charge in [-0.2, -0.15) is 5.10 Å². The van der Waals surface area contributed by atoms with Crippen molar-refractivity contribution in [3.05, 3.63) is 83.2 Å². The molecule has 0 saturated carbocycles. The molecular weight excluding hydrogens is 444 g/mol. The molecule has 1 N–H and O–H groups in total. The standard InChI is InChI=1S/C21H13F2N3O5S/c1-32(29,30)19-15(22)8-7-13(16(19)23)18(27)17-14-9-12(10-24-20(14)26-25-17)31-21(28)11-5-3-2-4-6-11/h2-10H,1H3,(H,24,25,26). The average Bonchev–Trinajstić information content (AvgIpc) is 3.16. The largest absolute Gasteiger partial charge is 0.421 e. The van der Waals surface area contributed by atoms with Gasteiger partial charge in [-0.05, 0) is 30.3 Å². The Kier molecular flexibility index (Phi) is 5.26. The molecule has 4 aromatic rings. The topological polar surface area (TPSA) is 119 Å². The summed E-state index contributed by atoms with van der Waals surface area (Å²) in [7, 11) is -4.28. The van der Waals surface area contributed by atoms with Gasteiger partial charge in [0.05, 0.1) is 22.7 Å². The van der Waals surface area contributed by atoms with Crippen molar-refractivity contribution in [1.82, 2.24) is 15.2 Å². The Labute approximate surface area is 179 Å². The van der Waals surface area contributed by atoms with Gasteiger partial charge in [0.2, 0.25) is 5.78 Å². The fourth-order valence-electron chi connectivity index (χ4n) is 3.03. The van der Waals surface area contributed by atoms with E-state index in [9.17, 15) is 26.8 Å². The molecule has 0 bridgehead atoms. The maximum atomic E-state index is 14.8. The van der Waals surface area contributed by atoms with Crippen molar-refractivity contribution in [3.63, 3.8) is 0 Å². The molecule has 0 spiro atoms. The fraction of sp³-hybridized carbons (Fsp3) is 0.0476. The molecule has 2 aromatic heterocycles. The molecule has 0 aliphatic heterocycles. The fourth-order valence-corrected chi connectivity index (χ4v) is 3.89. The number of rotatable bonds is 5. The lowest BCUT2D eigenvalue weighted by Gasteiger charge is -2.07. The summed E-state index contributed by atoms with van der Waals surface area (Å²) in [6.07, 6.45) is 1.85. The van der Waals surface area contributed by atoms with Crippen molar-refractivity contribution in [2.24, 2.45) is 0 Å². The Morgan fingerprint density at radius 1 is 1.06 bits per heavy atom. The number of pyridine rings is 1. The molecule has 0 fully saturated rings. The highest BCUT2D eigenvalue weighted by molar-refractivity contribution is 7.90. The van der Waals surface area contributed by atoms with Gasteiger partial charge in [0.25, 0.3) is 0 Å². The zero-order valence-corrected chi connectivity index (χ0v) is 17.1. The van der Waals surface area contributed by atoms with Crippen LogP contribution in [0, 0.1) is 11.6 Å². The number of aromatic amines is 1. The zero-order valence-electron chi connectivity index (χ0n) is 16.3. The van der Waals surface area contributed by atoms with Crippen molar-refractivity contribution in [2.75, 3.05) is 6.26 Å². The van der Waals surface area contributed by atoms with Crippen LogP contribution in [-0.4, -0.2) is 41.6 Å². The van der Waals surface area contributed by atoms with Gasteiger partial charge < -0.3 is 4.74 Å². The van der Waals surface area contributed by atoms with Gasteiger partial charge in [0.15, 0.2) is 21.3 Å². The number of H-pyrrole nitrogens is 1. The molecule has 0 amide bonds. The minimum absolute atomic E-state index is 0.00166. The van der Waals surface area contributed by atoms with Crippen LogP contribution in [0.3, 0.4) is 0 Å². The van der Waals surface area contributed by atoms with E-state index in [-0.39, 0.29) is 28.0 Å². The second-order valence-corrected chi connectivity index (χ2v) is 8.69. The van der Waals surface area contributed by atoms with E-state index in [2.05, 4.69) is 15.2 Å². The van der Waals surface area contributed by atoms with E-state index in [1.165, 1.54) is 12.3 Å². The highest BCUT2D eigenvalue weighted by Crippen LogP contribution is 2.27. The van der Waals surface area contributed by atoms with Gasteiger partial charge in [0, 0.05) is 6.26 Å². The molecule has 0 unspecified atom stereocenters. The first-order valence-corrected chi connectivity index (χ1v) is 10.9. The van der Waals surface area contributed by atoms with Crippen LogP contribution in [0.1, 0.15) is 26.4 Å². The maximum Gasteiger partial charge on any atom is 0.343 e. The minimum Gasteiger partial charge on any atom is -0.421 e. The first-order valence-electron chi connectivity index (χ1n) is 9.01. The summed E-state index contributed by atoms with van der Waals surface area (Å²) < 4.78 is 57.4. The number of ether oxygens (including phenoxy) is 1. The lowest BCUT2D eigenvalue weighted by Crippen LogP contribution is -2.12. The molecule has 8 nitrogen and oxygen atoms in total. The number of halogens is 2. The van der Waals surface area contributed by atoms with Crippen molar-refractivity contribution >= 4 is 32.6 Å². The molecule has 0 aliphatic carbocycles. The van der Waals surface area contributed by atoms with Crippen LogP contribution in [0.2, 0.25) is 0 Å². The van der Waals surface area contributed by atoms with Gasteiger partial charge >= 0.3 is 5.97 Å². The number of hydrogen-bond donors (Lipinski definition) is 1. The zero-order chi connectivity index (χ0) is 23.0. The predicted octanol–water partition coefficient (Wildman–Crippen LogP) is 3.09. The number of sulfone groups is 1. The molecule has 11 heteroatoms. The first kappa shape index (κ1) is 21.2. The van der Waals surface area contributed by atoms with Crippen LogP contribution in [0.25, 0.3) is 11.0 Å². The summed E-state index contributed by atoms with van der Waals surface area (Å²) >= 11 is 0. The monoisotopic (exact) mass is 457 g/mol. The Bertz CT molecular complexity index is 1480. The maximum absolute atomic E-state index is 14.8. The molecule has 162 valence electrons. The second kappa shape index (κ2) is 7.93. The number of carbonyl (C=O) groups excluding carboxylic acids is 2. The number of fused-ring (bicyclic) bond motifs is 1. The third-order valence-corrected chi connectivity index (χ3v) is 5.61. The van der Waals surface area contributed by atoms with Crippen LogP contribution in [-0.2, 0) is 9.84 Å². The molecule has 0 saturated heterocycles. The number of nitrogens with zero attached hydrogens (tertiary/aromatic N) is 2. The van der Waals surface area contributed by atoms with Crippen LogP contribution in [0.4, 0.5) is 8.78 Å². The first-order chi connectivity index (χ1) is 15.2. The van der Waals surface area contributed by atoms with Crippen LogP contribution in [0.15, 0.2) is 59.6 Å². The number of nitrogens with one attached hydrogen (secondary N) is 1. The quantitative estimate of drug-likeness (QED) is 0.361. The molecule has 0 aliphatic rings. The van der Waals surface area contributed by atoms with E-state index in [4.69, 9.17) is 4.74 Å². The highest BCUT2D eigenvalue weighted by Gasteiger charge is 2.27. The number of esters is 1. The molecule has 0 radical (unpaired) electrons. The number of hydrogen-bond acceptors (Lipinski definition) is 7. The Morgan fingerprint density at radius 3 is 2.47 bits per heavy atom. The third-order valence-electron chi connectivity index (χ3n) is 4.50. The summed E-state index contributed by atoms with van der Waals surface area (Å²) in [6.45, 7) is 0. The van der Waals surface area contributed by atoms with E-state index >= 15 is 0 Å². The summed E-state index contributed by atoms with van der Waals surface area (Å²) in [5, 5.41) is 6.36. The average molecular weight is 457 g/mol. The van der Waals surface area contributed by atoms with Crippen LogP contribution < -0.4 is 4.74 Å². The summed E-state index contributed by atoms with van der Waals surface area (Å²) in [5.74, 6) is -4.47. The molecule has 2 heterocycles. The van der Waals surface area contributed by atoms with Crippen molar-refractivity contribution < 1.29 is 31.5 Å². The van der Waals surface area contributed by atoms with E-state index in [0.717, 1.165) is 6.07 Å². The molecule has 32 heavy (non-hydrogen) atoms. The van der Waals surface area contributed by atoms with Gasteiger partial charge in [-0.1, -0.05) is 18.2 Å². The number of aromatic nitrogens is 3. The van der Waals surface area contributed by atoms with Crippen LogP contribution >= 0.6 is 0 Å². The Morgan fingerprint density at radius 2 is 1.78 bits per heavy atom. The lowest BCUT2D eigenvalue weighted by molar-refractivity contribution is 0.0734. The predicted molar refractivity (Wildman–Crippen MR) is 108 cm³/mol. The number of carbonyl (C=O) groups is 2. The van der Waals surface area contributed by atoms with E-state index < -0.39 is 43.7 Å². The molecule has 2 aromatic carbocycles.